The molecule has 1 aromatic carbocycles. The van der Waals surface area contributed by atoms with Gasteiger partial charge in [0.15, 0.2) is 0 Å². The van der Waals surface area contributed by atoms with Crippen molar-refractivity contribution in [1.82, 2.24) is 4.98 Å². The number of fused-ring (bicyclic) bond motifs is 1. The van der Waals surface area contributed by atoms with Gasteiger partial charge in [0.05, 0.1) is 12.1 Å². The van der Waals surface area contributed by atoms with Crippen LogP contribution in [-0.4, -0.2) is 11.6 Å². The first-order valence-electron chi connectivity index (χ1n) is 5.71. The minimum Gasteiger partial charge on any atom is -0.492 e. The molecule has 0 bridgehead atoms. The molecule has 1 heterocycles. The zero-order valence-electron chi connectivity index (χ0n) is 10.4. The Morgan fingerprint density at radius 1 is 1.24 bits per heavy atom. The highest BCUT2D eigenvalue weighted by Gasteiger charge is 2.12. The van der Waals surface area contributed by atoms with E-state index in [-0.39, 0.29) is 11.0 Å². The van der Waals surface area contributed by atoms with Crippen LogP contribution in [0.3, 0.4) is 0 Å². The van der Waals surface area contributed by atoms with Crippen molar-refractivity contribution >= 4 is 10.9 Å². The van der Waals surface area contributed by atoms with Gasteiger partial charge in [-0.3, -0.25) is 4.79 Å². The van der Waals surface area contributed by atoms with Gasteiger partial charge in [0.2, 0.25) is 0 Å². The second kappa shape index (κ2) is 4.24. The highest BCUT2D eigenvalue weighted by molar-refractivity contribution is 5.84. The van der Waals surface area contributed by atoms with E-state index in [2.05, 4.69) is 25.8 Å². The van der Waals surface area contributed by atoms with Crippen molar-refractivity contribution in [3.8, 4) is 5.75 Å². The predicted molar refractivity (Wildman–Crippen MR) is 69.5 cm³/mol. The Bertz CT molecular complexity index is 579. The smallest absolute Gasteiger partial charge is 0.252 e. The fourth-order valence-electron chi connectivity index (χ4n) is 1.59. The topological polar surface area (TPSA) is 42.1 Å². The third-order valence-corrected chi connectivity index (χ3v) is 2.37. The van der Waals surface area contributed by atoms with E-state index in [4.69, 9.17) is 4.74 Å². The molecule has 3 heteroatoms. The van der Waals surface area contributed by atoms with Gasteiger partial charge in [0.25, 0.3) is 5.56 Å². The van der Waals surface area contributed by atoms with E-state index < -0.39 is 0 Å². The number of para-hydroxylation sites is 1. The summed E-state index contributed by atoms with van der Waals surface area (Å²) >= 11 is 0. The van der Waals surface area contributed by atoms with Crippen LogP contribution in [0.5, 0.6) is 5.75 Å². The van der Waals surface area contributed by atoms with Crippen LogP contribution in [0.15, 0.2) is 35.1 Å². The van der Waals surface area contributed by atoms with Gasteiger partial charge < -0.3 is 9.72 Å². The molecule has 0 aliphatic rings. The zero-order valence-corrected chi connectivity index (χ0v) is 10.4. The number of aromatic amines is 1. The van der Waals surface area contributed by atoms with Crippen molar-refractivity contribution in [3.63, 3.8) is 0 Å². The van der Waals surface area contributed by atoms with Gasteiger partial charge in [-0.25, -0.2) is 0 Å². The zero-order chi connectivity index (χ0) is 12.5. The van der Waals surface area contributed by atoms with E-state index in [0.717, 1.165) is 10.9 Å². The third kappa shape index (κ3) is 2.87. The maximum absolute atomic E-state index is 11.5. The first kappa shape index (κ1) is 11.7. The molecule has 0 aliphatic carbocycles. The van der Waals surface area contributed by atoms with Gasteiger partial charge in [-0.2, -0.15) is 0 Å². The summed E-state index contributed by atoms with van der Waals surface area (Å²) in [6, 6.07) is 9.16. The standard InChI is InChI=1S/C14H17NO2/c1-14(2,3)9-17-12-8-13(16)15-11-7-5-4-6-10(11)12/h4-8H,9H2,1-3H3,(H,15,16). The molecule has 0 amide bonds. The van der Waals surface area contributed by atoms with Crippen molar-refractivity contribution in [2.45, 2.75) is 20.8 Å². The minimum absolute atomic E-state index is 0.0731. The number of benzene rings is 1. The number of pyridine rings is 1. The van der Waals surface area contributed by atoms with Crippen molar-refractivity contribution < 1.29 is 4.74 Å². The predicted octanol–water partition coefficient (Wildman–Crippen LogP) is 2.95. The monoisotopic (exact) mass is 231 g/mol. The molecule has 0 unspecified atom stereocenters. The van der Waals surface area contributed by atoms with Gasteiger partial charge in [0.1, 0.15) is 5.75 Å². The average Bonchev–Trinajstić information content (AvgIpc) is 2.24. The highest BCUT2D eigenvalue weighted by atomic mass is 16.5. The average molecular weight is 231 g/mol. The van der Waals surface area contributed by atoms with E-state index in [9.17, 15) is 4.79 Å². The van der Waals surface area contributed by atoms with Crippen LogP contribution in [0, 0.1) is 5.41 Å². The molecule has 17 heavy (non-hydrogen) atoms. The summed E-state index contributed by atoms with van der Waals surface area (Å²) in [5.74, 6) is 0.652. The van der Waals surface area contributed by atoms with E-state index in [1.54, 1.807) is 0 Å². The van der Waals surface area contributed by atoms with E-state index in [1.165, 1.54) is 6.07 Å². The van der Waals surface area contributed by atoms with E-state index >= 15 is 0 Å². The lowest BCUT2D eigenvalue weighted by atomic mass is 9.99. The summed E-state index contributed by atoms with van der Waals surface area (Å²) in [7, 11) is 0. The largest absolute Gasteiger partial charge is 0.492 e. The van der Waals surface area contributed by atoms with Crippen molar-refractivity contribution in [3.05, 3.63) is 40.7 Å². The van der Waals surface area contributed by atoms with Gasteiger partial charge in [-0.05, 0) is 17.5 Å². The molecule has 1 aromatic heterocycles. The van der Waals surface area contributed by atoms with Gasteiger partial charge >= 0.3 is 0 Å². The summed E-state index contributed by atoms with van der Waals surface area (Å²) in [4.78, 5) is 14.3. The van der Waals surface area contributed by atoms with Crippen LogP contribution in [0.2, 0.25) is 0 Å². The quantitative estimate of drug-likeness (QED) is 0.863. The number of hydrogen-bond acceptors (Lipinski definition) is 2. The number of nitrogens with one attached hydrogen (secondary N) is 1. The lowest BCUT2D eigenvalue weighted by molar-refractivity contribution is 0.199. The molecule has 0 atom stereocenters. The normalized spacial score (nSPS) is 11.7. The molecule has 0 saturated carbocycles. The molecule has 0 fully saturated rings. The molecule has 0 saturated heterocycles. The SMILES string of the molecule is CC(C)(C)COc1cc(=O)[nH]c2ccccc12. The second-order valence-electron chi connectivity index (χ2n) is 5.39. The second-order valence-corrected chi connectivity index (χ2v) is 5.39. The molecule has 2 aromatic rings. The van der Waals surface area contributed by atoms with Crippen molar-refractivity contribution in [2.75, 3.05) is 6.61 Å². The fourth-order valence-corrected chi connectivity index (χ4v) is 1.59. The maximum Gasteiger partial charge on any atom is 0.252 e. The Labute approximate surface area is 100 Å². The summed E-state index contributed by atoms with van der Waals surface area (Å²) in [6.07, 6.45) is 0. The molecular formula is C14H17NO2. The summed E-state index contributed by atoms with van der Waals surface area (Å²) in [5.41, 5.74) is 0.750. The summed E-state index contributed by atoms with van der Waals surface area (Å²) < 4.78 is 5.74. The van der Waals surface area contributed by atoms with Gasteiger partial charge in [-0.15, -0.1) is 0 Å². The fraction of sp³-hybridized carbons (Fsp3) is 0.357. The molecule has 0 radical (unpaired) electrons. The molecule has 3 nitrogen and oxygen atoms in total. The minimum atomic E-state index is -0.132. The maximum atomic E-state index is 11.5. The van der Waals surface area contributed by atoms with Crippen molar-refractivity contribution in [1.29, 1.82) is 0 Å². The Morgan fingerprint density at radius 2 is 1.94 bits per heavy atom. The number of hydrogen-bond donors (Lipinski definition) is 1. The molecule has 0 aliphatic heterocycles. The Kier molecular flexibility index (Phi) is 2.92. The molecule has 2 rings (SSSR count). The summed E-state index contributed by atoms with van der Waals surface area (Å²) in [6.45, 7) is 6.88. The molecule has 0 spiro atoms. The number of aromatic nitrogens is 1. The molecule has 90 valence electrons. The molecule has 1 N–H and O–H groups in total. The van der Waals surface area contributed by atoms with E-state index in [1.807, 2.05) is 24.3 Å². The van der Waals surface area contributed by atoms with Crippen LogP contribution >= 0.6 is 0 Å². The van der Waals surface area contributed by atoms with Crippen LogP contribution in [0.1, 0.15) is 20.8 Å². The highest BCUT2D eigenvalue weighted by Crippen LogP contribution is 2.24. The Morgan fingerprint density at radius 3 is 2.65 bits per heavy atom. The van der Waals surface area contributed by atoms with Gasteiger partial charge in [-0.1, -0.05) is 32.9 Å². The van der Waals surface area contributed by atoms with Crippen LogP contribution in [-0.2, 0) is 0 Å². The Hall–Kier alpha value is -1.77. The lowest BCUT2D eigenvalue weighted by Gasteiger charge is -2.19. The van der Waals surface area contributed by atoms with Crippen LogP contribution in [0.25, 0.3) is 10.9 Å². The number of rotatable bonds is 2. The van der Waals surface area contributed by atoms with Crippen molar-refractivity contribution in [2.24, 2.45) is 5.41 Å². The third-order valence-electron chi connectivity index (χ3n) is 2.37. The first-order valence-corrected chi connectivity index (χ1v) is 5.71. The molecular weight excluding hydrogens is 214 g/mol. The Balaban J connectivity index is 2.42. The van der Waals surface area contributed by atoms with E-state index in [0.29, 0.717) is 12.4 Å². The lowest BCUT2D eigenvalue weighted by Crippen LogP contribution is -2.18. The summed E-state index contributed by atoms with van der Waals surface area (Å²) in [5, 5.41) is 0.941. The first-order chi connectivity index (χ1) is 7.96. The number of ether oxygens (including phenoxy) is 1. The van der Waals surface area contributed by atoms with Crippen LogP contribution < -0.4 is 10.3 Å². The number of H-pyrrole nitrogens is 1. The van der Waals surface area contributed by atoms with Gasteiger partial charge in [0, 0.05) is 11.5 Å². The van der Waals surface area contributed by atoms with Crippen LogP contribution in [0.4, 0.5) is 0 Å².